The Morgan fingerprint density at radius 2 is 0.817 bits per heavy atom. The maximum absolute atomic E-state index is 8.65. The Balaban J connectivity index is 1.06. The molecular weight excluding hydrogens is 723 g/mol. The van der Waals surface area contributed by atoms with E-state index >= 15 is 0 Å². The van der Waals surface area contributed by atoms with Gasteiger partial charge in [0.05, 0.1) is 24.7 Å². The summed E-state index contributed by atoms with van der Waals surface area (Å²) in [4.78, 5) is 0. The van der Waals surface area contributed by atoms with Crippen molar-refractivity contribution in [2.75, 3.05) is 0 Å². The summed E-state index contributed by atoms with van der Waals surface area (Å²) in [6.45, 7) is 0. The second-order valence-electron chi connectivity index (χ2n) is 14.9. The Morgan fingerprint density at radius 3 is 1.45 bits per heavy atom. The Hall–Kier alpha value is -7.74. The van der Waals surface area contributed by atoms with Crippen molar-refractivity contribution in [2.24, 2.45) is 0 Å². The van der Waals surface area contributed by atoms with Gasteiger partial charge in [0.2, 0.25) is 0 Å². The lowest BCUT2D eigenvalue weighted by Crippen LogP contribution is -2.05. The van der Waals surface area contributed by atoms with Gasteiger partial charge in [-0.15, -0.1) is 0 Å². The van der Waals surface area contributed by atoms with Crippen LogP contribution in [0.2, 0.25) is 0 Å². The first kappa shape index (κ1) is 26.3. The number of nitrogens with zero attached hydrogens (tertiary/aromatic N) is 1. The average molecular weight is 774 g/mol. The minimum Gasteiger partial charge on any atom is -0.309 e. The Labute approximate surface area is 365 Å². The van der Waals surface area contributed by atoms with E-state index in [0.29, 0.717) is 11.1 Å². The summed E-state index contributed by atoms with van der Waals surface area (Å²) in [6, 6.07) is 58.1. The van der Waals surface area contributed by atoms with E-state index in [9.17, 15) is 0 Å². The molecule has 0 spiro atoms. The van der Waals surface area contributed by atoms with Crippen molar-refractivity contribution in [1.82, 2.24) is 4.57 Å². The van der Waals surface area contributed by atoms with Crippen molar-refractivity contribution >= 4 is 32.6 Å². The highest BCUT2D eigenvalue weighted by Crippen LogP contribution is 2.42. The monoisotopic (exact) mass is 773 g/mol. The van der Waals surface area contributed by atoms with Crippen LogP contribution in [0.4, 0.5) is 0 Å². The minimum atomic E-state index is -0.450. The van der Waals surface area contributed by atoms with Gasteiger partial charge in [-0.25, -0.2) is 0 Å². The maximum atomic E-state index is 8.65. The van der Waals surface area contributed by atoms with Gasteiger partial charge in [-0.3, -0.25) is 0 Å². The van der Waals surface area contributed by atoms with Gasteiger partial charge < -0.3 is 4.57 Å². The summed E-state index contributed by atoms with van der Waals surface area (Å²) < 4.78 is 86.4. The van der Waals surface area contributed by atoms with Crippen molar-refractivity contribution in [1.29, 1.82) is 0 Å². The summed E-state index contributed by atoms with van der Waals surface area (Å²) in [5, 5.41) is 4.35. The maximum Gasteiger partial charge on any atom is 0.0629 e. The van der Waals surface area contributed by atoms with Crippen molar-refractivity contribution in [3.63, 3.8) is 0 Å². The molecule has 282 valence electrons. The van der Waals surface area contributed by atoms with E-state index in [4.69, 9.17) is 13.7 Å². The van der Waals surface area contributed by atoms with Gasteiger partial charge in [-0.1, -0.05) is 218 Å². The highest BCUT2D eigenvalue weighted by atomic mass is 15.0. The molecule has 0 N–H and O–H groups in total. The van der Waals surface area contributed by atoms with Crippen LogP contribution < -0.4 is 0 Å². The SMILES string of the molecule is [2H]c1c([2H])c([2H])c(-c2ccc(C(c3ccc(-c4c([2H])c([2H])c([2H])c([2H])c4[2H])cc3)c3ccc(-c4ccc5c6ccccc6n(-c6ccc(-c7ccccc7)cc6)c5c4)c4ccccc34)cc2)c([2H])c1[2H]. The third-order valence-electron chi connectivity index (χ3n) is 11.6. The molecule has 1 nitrogen and oxygen atoms in total. The third-order valence-corrected chi connectivity index (χ3v) is 11.6. The first-order valence-corrected chi connectivity index (χ1v) is 20.0. The number of fused-ring (bicyclic) bond motifs is 4. The van der Waals surface area contributed by atoms with Crippen molar-refractivity contribution < 1.29 is 13.7 Å². The molecule has 0 atom stereocenters. The highest BCUT2D eigenvalue weighted by molar-refractivity contribution is 6.11. The molecule has 0 bridgehead atoms. The number of aromatic nitrogens is 1. The van der Waals surface area contributed by atoms with Crippen LogP contribution in [0.25, 0.3) is 82.8 Å². The molecule has 10 aromatic carbocycles. The van der Waals surface area contributed by atoms with Crippen molar-refractivity contribution in [3.8, 4) is 50.2 Å². The van der Waals surface area contributed by atoms with E-state index in [-0.39, 0.29) is 35.3 Å². The Morgan fingerprint density at radius 1 is 0.333 bits per heavy atom. The summed E-state index contributed by atoms with van der Waals surface area (Å²) in [7, 11) is 0. The zero-order valence-corrected chi connectivity index (χ0v) is 32.3. The molecule has 0 saturated heterocycles. The predicted molar refractivity (Wildman–Crippen MR) is 254 cm³/mol. The Bertz CT molecular complexity index is 3690. The molecular formula is C59H41N. The molecule has 1 heteroatoms. The van der Waals surface area contributed by atoms with Crippen LogP contribution in [0.1, 0.15) is 36.3 Å². The smallest absolute Gasteiger partial charge is 0.0629 e. The second kappa shape index (κ2) is 15.2. The molecule has 1 heterocycles. The highest BCUT2D eigenvalue weighted by Gasteiger charge is 2.22. The molecule has 0 aliphatic carbocycles. The van der Waals surface area contributed by atoms with Crippen LogP contribution in [0.15, 0.2) is 242 Å². The van der Waals surface area contributed by atoms with E-state index in [1.807, 2.05) is 42.5 Å². The lowest BCUT2D eigenvalue weighted by atomic mass is 9.80. The van der Waals surface area contributed by atoms with Gasteiger partial charge in [0.25, 0.3) is 0 Å². The number of para-hydroxylation sites is 1. The quantitative estimate of drug-likeness (QED) is 0.136. The van der Waals surface area contributed by atoms with E-state index in [1.54, 1.807) is 24.3 Å². The minimum absolute atomic E-state index is 0.118. The molecule has 0 fully saturated rings. The number of hydrogen-bond donors (Lipinski definition) is 0. The summed E-state index contributed by atoms with van der Waals surface area (Å²) in [6.07, 6.45) is 0. The molecule has 1 aromatic heterocycles. The molecule has 0 aliphatic heterocycles. The van der Waals surface area contributed by atoms with Crippen LogP contribution in [0.5, 0.6) is 0 Å². The van der Waals surface area contributed by atoms with Crippen molar-refractivity contribution in [3.05, 3.63) is 259 Å². The zero-order chi connectivity index (χ0) is 48.5. The topological polar surface area (TPSA) is 4.93 Å². The molecule has 11 aromatic rings. The largest absolute Gasteiger partial charge is 0.309 e. The standard InChI is InChI=1S/C59H41N/c1-4-14-41(15-5-1)44-24-28-47(29-25-44)59(48-30-26-45(27-31-48)42-16-6-2-7-17-42)56-39-38-51(52-20-10-11-21-53(52)56)49-34-37-55-54-22-12-13-23-57(54)60(58(55)40-49)50-35-32-46(33-36-50)43-18-8-3-9-19-43/h1-40,59H/i1D,2D,4D,5D,6D,7D,14D,15D,16D,17D. The number of hydrogen-bond acceptors (Lipinski definition) is 0. The van der Waals surface area contributed by atoms with Gasteiger partial charge in [-0.2, -0.15) is 0 Å². The fourth-order valence-corrected chi connectivity index (χ4v) is 8.70. The molecule has 0 aliphatic rings. The number of rotatable bonds is 8. The van der Waals surface area contributed by atoms with Gasteiger partial charge in [-0.05, 0) is 96.2 Å². The first-order valence-electron chi connectivity index (χ1n) is 25.0. The van der Waals surface area contributed by atoms with Gasteiger partial charge in [0, 0.05) is 22.4 Å². The van der Waals surface area contributed by atoms with Crippen LogP contribution in [0, 0.1) is 0 Å². The van der Waals surface area contributed by atoms with Crippen LogP contribution in [0.3, 0.4) is 0 Å². The van der Waals surface area contributed by atoms with Crippen molar-refractivity contribution in [2.45, 2.75) is 5.92 Å². The molecule has 11 rings (SSSR count). The van der Waals surface area contributed by atoms with Crippen LogP contribution in [-0.4, -0.2) is 4.57 Å². The van der Waals surface area contributed by atoms with E-state index in [0.717, 1.165) is 77.2 Å². The summed E-state index contributed by atoms with van der Waals surface area (Å²) >= 11 is 0. The van der Waals surface area contributed by atoms with Crippen LogP contribution >= 0.6 is 0 Å². The zero-order valence-electron chi connectivity index (χ0n) is 42.3. The average Bonchev–Trinajstić information content (AvgIpc) is 3.73. The molecule has 0 amide bonds. The predicted octanol–water partition coefficient (Wildman–Crippen LogP) is 15.8. The van der Waals surface area contributed by atoms with Gasteiger partial charge in [0.1, 0.15) is 0 Å². The van der Waals surface area contributed by atoms with E-state index in [2.05, 4.69) is 120 Å². The molecule has 60 heavy (non-hydrogen) atoms. The lowest BCUT2D eigenvalue weighted by Gasteiger charge is -2.23. The first-order chi connectivity index (χ1) is 33.9. The lowest BCUT2D eigenvalue weighted by molar-refractivity contribution is 0.990. The van der Waals surface area contributed by atoms with E-state index in [1.165, 1.54) is 0 Å². The summed E-state index contributed by atoms with van der Waals surface area (Å²) in [5.41, 5.74) is 11.6. The van der Waals surface area contributed by atoms with Crippen LogP contribution in [-0.2, 0) is 0 Å². The second-order valence-corrected chi connectivity index (χ2v) is 14.9. The fourth-order valence-electron chi connectivity index (χ4n) is 8.70. The number of benzene rings is 10. The molecule has 0 saturated carbocycles. The fraction of sp³-hybridized carbons (Fsp3) is 0.0169. The van der Waals surface area contributed by atoms with E-state index < -0.39 is 42.2 Å². The van der Waals surface area contributed by atoms with Gasteiger partial charge in [0.15, 0.2) is 0 Å². The Kier molecular flexibility index (Phi) is 6.67. The molecule has 0 unspecified atom stereocenters. The summed E-state index contributed by atoms with van der Waals surface area (Å²) in [5.74, 6) is -0.397. The normalized spacial score (nSPS) is 13.8. The third kappa shape index (κ3) is 6.38. The molecule has 0 radical (unpaired) electrons. The van der Waals surface area contributed by atoms with Gasteiger partial charge >= 0.3 is 0 Å².